The smallest absolute Gasteiger partial charge is 0.192 e. The summed E-state index contributed by atoms with van der Waals surface area (Å²) in [5.74, 6) is 2.11. The van der Waals surface area contributed by atoms with E-state index < -0.39 is 0 Å². The van der Waals surface area contributed by atoms with Gasteiger partial charge in [-0.3, -0.25) is 4.99 Å². The molecular formula is C15H18BrN3O2. The number of benzene rings is 1. The van der Waals surface area contributed by atoms with E-state index in [2.05, 4.69) is 33.6 Å². The number of nitrogens with zero attached hydrogens (tertiary/aromatic N) is 2. The van der Waals surface area contributed by atoms with Crippen LogP contribution in [0.3, 0.4) is 0 Å². The fourth-order valence-electron chi connectivity index (χ4n) is 2.62. The van der Waals surface area contributed by atoms with Crippen LogP contribution in [0.15, 0.2) is 34.3 Å². The minimum atomic E-state index is 0.108. The molecule has 1 aromatic carbocycles. The maximum Gasteiger partial charge on any atom is 0.192 e. The van der Waals surface area contributed by atoms with Crippen LogP contribution in [0.5, 0.6) is 11.5 Å². The molecular weight excluding hydrogens is 334 g/mol. The van der Waals surface area contributed by atoms with E-state index in [0.717, 1.165) is 28.0 Å². The van der Waals surface area contributed by atoms with Crippen molar-refractivity contribution < 1.29 is 9.47 Å². The zero-order valence-corrected chi connectivity index (χ0v) is 13.3. The highest BCUT2D eigenvalue weighted by molar-refractivity contribution is 9.10. The first-order valence-electron chi connectivity index (χ1n) is 6.97. The number of hydrogen-bond acceptors (Lipinski definition) is 5. The molecule has 0 saturated carbocycles. The summed E-state index contributed by atoms with van der Waals surface area (Å²) < 4.78 is 12.4. The number of halogens is 1. The summed E-state index contributed by atoms with van der Waals surface area (Å²) in [6.45, 7) is 6.44. The highest BCUT2D eigenvalue weighted by Gasteiger charge is 2.28. The van der Waals surface area contributed by atoms with Crippen LogP contribution in [0.1, 0.15) is 18.0 Å². The van der Waals surface area contributed by atoms with E-state index in [4.69, 9.17) is 15.2 Å². The van der Waals surface area contributed by atoms with E-state index in [1.165, 1.54) is 0 Å². The minimum Gasteiger partial charge on any atom is -0.490 e. The van der Waals surface area contributed by atoms with Crippen molar-refractivity contribution in [1.82, 2.24) is 4.90 Å². The molecule has 0 saturated heterocycles. The van der Waals surface area contributed by atoms with Gasteiger partial charge in [0.05, 0.1) is 30.3 Å². The molecule has 0 bridgehead atoms. The zero-order valence-electron chi connectivity index (χ0n) is 11.7. The summed E-state index contributed by atoms with van der Waals surface area (Å²) in [5.41, 5.74) is 7.06. The Bertz CT molecular complexity index is 589. The molecule has 1 unspecified atom stereocenters. The van der Waals surface area contributed by atoms with Crippen LogP contribution in [0.2, 0.25) is 0 Å². The molecule has 2 aliphatic rings. The summed E-state index contributed by atoms with van der Waals surface area (Å²) in [6, 6.07) is 4.19. The molecule has 2 heterocycles. The molecule has 6 heteroatoms. The third-order valence-electron chi connectivity index (χ3n) is 3.63. The highest BCUT2D eigenvalue weighted by atomic mass is 79.9. The van der Waals surface area contributed by atoms with Gasteiger partial charge in [0.15, 0.2) is 17.5 Å². The predicted octanol–water partition coefficient (Wildman–Crippen LogP) is 2.47. The van der Waals surface area contributed by atoms with Crippen LogP contribution in [0.4, 0.5) is 0 Å². The van der Waals surface area contributed by atoms with Crippen LogP contribution in [-0.2, 0) is 0 Å². The summed E-state index contributed by atoms with van der Waals surface area (Å²) in [7, 11) is 0. The van der Waals surface area contributed by atoms with Gasteiger partial charge in [0.1, 0.15) is 0 Å². The van der Waals surface area contributed by atoms with Crippen molar-refractivity contribution in [1.29, 1.82) is 0 Å². The van der Waals surface area contributed by atoms with Crippen LogP contribution < -0.4 is 15.2 Å². The van der Waals surface area contributed by atoms with Crippen molar-refractivity contribution in [2.24, 2.45) is 10.7 Å². The van der Waals surface area contributed by atoms with E-state index in [9.17, 15) is 0 Å². The van der Waals surface area contributed by atoms with E-state index >= 15 is 0 Å². The van der Waals surface area contributed by atoms with Crippen molar-refractivity contribution in [2.45, 2.75) is 12.5 Å². The molecule has 0 amide bonds. The normalized spacial score (nSPS) is 20.9. The quantitative estimate of drug-likeness (QED) is 0.849. The Morgan fingerprint density at radius 3 is 3.05 bits per heavy atom. The maximum atomic E-state index is 5.95. The monoisotopic (exact) mass is 351 g/mol. The Hall–Kier alpha value is -1.69. The summed E-state index contributed by atoms with van der Waals surface area (Å²) >= 11 is 3.58. The molecule has 0 aromatic heterocycles. The molecule has 1 aromatic rings. The largest absolute Gasteiger partial charge is 0.490 e. The van der Waals surface area contributed by atoms with Gasteiger partial charge >= 0.3 is 0 Å². The maximum absolute atomic E-state index is 5.95. The number of ether oxygens (including phenoxy) is 2. The average molecular weight is 352 g/mol. The highest BCUT2D eigenvalue weighted by Crippen LogP contribution is 2.41. The number of nitrogens with two attached hydrogens (primary N) is 1. The molecule has 0 spiro atoms. The third-order valence-corrected chi connectivity index (χ3v) is 4.22. The molecule has 0 aliphatic carbocycles. The van der Waals surface area contributed by atoms with Crippen molar-refractivity contribution in [3.05, 3.63) is 34.8 Å². The first-order chi connectivity index (χ1) is 10.2. The second kappa shape index (κ2) is 5.97. The fourth-order valence-corrected chi connectivity index (χ4v) is 3.19. The zero-order chi connectivity index (χ0) is 14.8. The van der Waals surface area contributed by atoms with Gasteiger partial charge in [-0.05, 0) is 33.6 Å². The van der Waals surface area contributed by atoms with E-state index in [0.29, 0.717) is 32.3 Å². The Kier molecular flexibility index (Phi) is 4.05. The van der Waals surface area contributed by atoms with E-state index in [1.807, 2.05) is 17.0 Å². The second-order valence-corrected chi connectivity index (χ2v) is 5.89. The van der Waals surface area contributed by atoms with Crippen molar-refractivity contribution in [3.8, 4) is 11.5 Å². The molecule has 1 atom stereocenters. The molecule has 2 aliphatic heterocycles. The molecule has 3 rings (SSSR count). The molecule has 112 valence electrons. The van der Waals surface area contributed by atoms with Gasteiger partial charge in [0.25, 0.3) is 0 Å². The molecule has 21 heavy (non-hydrogen) atoms. The number of rotatable bonds is 3. The Balaban J connectivity index is 1.94. The molecule has 0 fully saturated rings. The first kappa shape index (κ1) is 14.3. The second-order valence-electron chi connectivity index (χ2n) is 5.04. The predicted molar refractivity (Wildman–Crippen MR) is 85.9 cm³/mol. The number of aliphatic imine (C=N–C) groups is 1. The summed E-state index contributed by atoms with van der Waals surface area (Å²) in [5, 5.41) is 0. The van der Waals surface area contributed by atoms with Crippen LogP contribution in [-0.4, -0.2) is 37.2 Å². The average Bonchev–Trinajstić information content (AvgIpc) is 2.69. The van der Waals surface area contributed by atoms with Gasteiger partial charge in [-0.25, -0.2) is 0 Å². The standard InChI is InChI=1S/C15H18BrN3O2/c1-2-4-19-12(9-18-15(19)17)10-7-11(16)14-13(8-10)20-5-3-6-21-14/h2,7-8,12H,1,3-6,9H2,(H2,17,18). The van der Waals surface area contributed by atoms with Crippen LogP contribution in [0.25, 0.3) is 0 Å². The number of guanidine groups is 1. The Morgan fingerprint density at radius 2 is 2.24 bits per heavy atom. The lowest BCUT2D eigenvalue weighted by atomic mass is 10.1. The number of fused-ring (bicyclic) bond motifs is 1. The fraction of sp³-hybridized carbons (Fsp3) is 0.400. The lowest BCUT2D eigenvalue weighted by Gasteiger charge is -2.26. The van der Waals surface area contributed by atoms with Gasteiger partial charge < -0.3 is 20.1 Å². The SMILES string of the molecule is C=CCN1C(N)=NCC1c1cc(Br)c2c(c1)OCCCO2. The third kappa shape index (κ3) is 2.72. The Labute approximate surface area is 132 Å². The van der Waals surface area contributed by atoms with Gasteiger partial charge in [0, 0.05) is 13.0 Å². The summed E-state index contributed by atoms with van der Waals surface area (Å²) in [4.78, 5) is 6.38. The Morgan fingerprint density at radius 1 is 1.43 bits per heavy atom. The molecule has 2 N–H and O–H groups in total. The van der Waals surface area contributed by atoms with Crippen molar-refractivity contribution in [3.63, 3.8) is 0 Å². The summed E-state index contributed by atoms with van der Waals surface area (Å²) in [6.07, 6.45) is 2.72. The van der Waals surface area contributed by atoms with E-state index in [1.54, 1.807) is 0 Å². The van der Waals surface area contributed by atoms with Crippen LogP contribution in [0, 0.1) is 0 Å². The first-order valence-corrected chi connectivity index (χ1v) is 7.76. The van der Waals surface area contributed by atoms with E-state index in [-0.39, 0.29) is 6.04 Å². The lowest BCUT2D eigenvalue weighted by Crippen LogP contribution is -2.36. The number of hydrogen-bond donors (Lipinski definition) is 1. The van der Waals surface area contributed by atoms with Gasteiger partial charge in [0.2, 0.25) is 0 Å². The van der Waals surface area contributed by atoms with Crippen molar-refractivity contribution in [2.75, 3.05) is 26.3 Å². The topological polar surface area (TPSA) is 60.1 Å². The van der Waals surface area contributed by atoms with Crippen LogP contribution >= 0.6 is 15.9 Å². The van der Waals surface area contributed by atoms with Crippen molar-refractivity contribution >= 4 is 21.9 Å². The van der Waals surface area contributed by atoms with Gasteiger partial charge in [-0.1, -0.05) is 6.08 Å². The molecule has 0 radical (unpaired) electrons. The van der Waals surface area contributed by atoms with Gasteiger partial charge in [-0.15, -0.1) is 6.58 Å². The van der Waals surface area contributed by atoms with Gasteiger partial charge in [-0.2, -0.15) is 0 Å². The minimum absolute atomic E-state index is 0.108. The molecule has 5 nitrogen and oxygen atoms in total. The lowest BCUT2D eigenvalue weighted by molar-refractivity contribution is 0.296.